The third-order valence-corrected chi connectivity index (χ3v) is 2.73. The largest absolute Gasteiger partial charge is 0.450 e. The Bertz CT molecular complexity index is 394. The molecule has 0 unspecified atom stereocenters. The lowest BCUT2D eigenvalue weighted by atomic mass is 10.3. The van der Waals surface area contributed by atoms with Crippen molar-refractivity contribution in [3.8, 4) is 0 Å². The van der Waals surface area contributed by atoms with Gasteiger partial charge in [0.15, 0.2) is 4.67 Å². The quantitative estimate of drug-likeness (QED) is 0.780. The Hall–Kier alpha value is -1.07. The third-order valence-electron chi connectivity index (χ3n) is 2.31. The Morgan fingerprint density at radius 1 is 1.38 bits per heavy atom. The second-order valence-electron chi connectivity index (χ2n) is 3.41. The van der Waals surface area contributed by atoms with Gasteiger partial charge in [-0.3, -0.25) is 4.79 Å². The molecule has 0 saturated carbocycles. The Kier molecular flexibility index (Phi) is 3.79. The molecule has 1 aliphatic heterocycles. The van der Waals surface area contributed by atoms with Crippen molar-refractivity contribution in [3.05, 3.63) is 28.6 Å². The molecule has 1 aromatic heterocycles. The number of carbonyl (C=O) groups is 1. The smallest absolute Gasteiger partial charge is 0.246 e. The molecule has 1 saturated heterocycles. The molecule has 0 atom stereocenters. The zero-order valence-corrected chi connectivity index (χ0v) is 10.3. The molecular formula is C11H12BrNO3. The molecular weight excluding hydrogens is 274 g/mol. The Balaban J connectivity index is 1.93. The summed E-state index contributed by atoms with van der Waals surface area (Å²) in [5, 5.41) is 0. The zero-order chi connectivity index (χ0) is 11.4. The first-order chi connectivity index (χ1) is 7.75. The summed E-state index contributed by atoms with van der Waals surface area (Å²) >= 11 is 3.20. The fraction of sp³-hybridized carbons (Fsp3) is 0.364. The summed E-state index contributed by atoms with van der Waals surface area (Å²) in [4.78, 5) is 13.5. The lowest BCUT2D eigenvalue weighted by Crippen LogP contribution is -2.39. The maximum atomic E-state index is 11.7. The van der Waals surface area contributed by atoms with Crippen LogP contribution in [0, 0.1) is 0 Å². The SMILES string of the molecule is O=C(C=Cc1ccc(Br)o1)N1CCOCC1. The molecule has 0 aromatic carbocycles. The van der Waals surface area contributed by atoms with Gasteiger partial charge in [0, 0.05) is 19.2 Å². The highest BCUT2D eigenvalue weighted by atomic mass is 79.9. The molecule has 1 aliphatic rings. The fourth-order valence-corrected chi connectivity index (χ4v) is 1.78. The molecule has 1 aromatic rings. The van der Waals surface area contributed by atoms with E-state index in [0.29, 0.717) is 36.7 Å². The summed E-state index contributed by atoms with van der Waals surface area (Å²) in [6, 6.07) is 3.59. The summed E-state index contributed by atoms with van der Waals surface area (Å²) < 4.78 is 11.1. The highest BCUT2D eigenvalue weighted by molar-refractivity contribution is 9.10. The first-order valence-corrected chi connectivity index (χ1v) is 5.85. The van der Waals surface area contributed by atoms with Crippen LogP contribution in [0.3, 0.4) is 0 Å². The van der Waals surface area contributed by atoms with Gasteiger partial charge in [0.25, 0.3) is 0 Å². The number of furan rings is 1. The van der Waals surface area contributed by atoms with Crippen molar-refractivity contribution in [1.82, 2.24) is 4.90 Å². The van der Waals surface area contributed by atoms with E-state index in [0.717, 1.165) is 0 Å². The number of halogens is 1. The summed E-state index contributed by atoms with van der Waals surface area (Å²) in [5.41, 5.74) is 0. The summed E-state index contributed by atoms with van der Waals surface area (Å²) in [6.45, 7) is 2.55. The number of hydrogen-bond donors (Lipinski definition) is 0. The van der Waals surface area contributed by atoms with E-state index < -0.39 is 0 Å². The van der Waals surface area contributed by atoms with Crippen LogP contribution in [0.15, 0.2) is 27.3 Å². The number of carbonyl (C=O) groups excluding carboxylic acids is 1. The van der Waals surface area contributed by atoms with Gasteiger partial charge in [0.1, 0.15) is 5.76 Å². The van der Waals surface area contributed by atoms with Crippen molar-refractivity contribution in [2.75, 3.05) is 26.3 Å². The molecule has 0 N–H and O–H groups in total. The molecule has 2 heterocycles. The van der Waals surface area contributed by atoms with Crippen molar-refractivity contribution < 1.29 is 13.9 Å². The van der Waals surface area contributed by atoms with Gasteiger partial charge in [-0.15, -0.1) is 0 Å². The van der Waals surface area contributed by atoms with Gasteiger partial charge in [-0.1, -0.05) is 0 Å². The highest BCUT2D eigenvalue weighted by Gasteiger charge is 2.13. The molecule has 0 bridgehead atoms. The molecule has 0 aliphatic carbocycles. The first kappa shape index (κ1) is 11.4. The second-order valence-corrected chi connectivity index (χ2v) is 4.19. The van der Waals surface area contributed by atoms with Gasteiger partial charge in [-0.25, -0.2) is 0 Å². The van der Waals surface area contributed by atoms with Crippen LogP contribution in [0.25, 0.3) is 6.08 Å². The average Bonchev–Trinajstić information content (AvgIpc) is 2.73. The van der Waals surface area contributed by atoms with Crippen molar-refractivity contribution in [1.29, 1.82) is 0 Å². The molecule has 1 fully saturated rings. The van der Waals surface area contributed by atoms with Crippen LogP contribution in [0.5, 0.6) is 0 Å². The van der Waals surface area contributed by atoms with Crippen LogP contribution in [0.2, 0.25) is 0 Å². The van der Waals surface area contributed by atoms with Crippen LogP contribution in [0.1, 0.15) is 5.76 Å². The van der Waals surface area contributed by atoms with Crippen molar-refractivity contribution in [2.24, 2.45) is 0 Å². The number of hydrogen-bond acceptors (Lipinski definition) is 3. The predicted octanol–water partition coefficient (Wildman–Crippen LogP) is 1.91. The van der Waals surface area contributed by atoms with E-state index in [1.807, 2.05) is 0 Å². The van der Waals surface area contributed by atoms with Gasteiger partial charge in [-0.05, 0) is 34.1 Å². The van der Waals surface area contributed by atoms with E-state index in [4.69, 9.17) is 9.15 Å². The topological polar surface area (TPSA) is 42.7 Å². The average molecular weight is 286 g/mol. The lowest BCUT2D eigenvalue weighted by Gasteiger charge is -2.25. The number of amides is 1. The number of morpholine rings is 1. The first-order valence-electron chi connectivity index (χ1n) is 5.06. The third kappa shape index (κ3) is 2.96. The van der Waals surface area contributed by atoms with Crippen molar-refractivity contribution in [2.45, 2.75) is 0 Å². The van der Waals surface area contributed by atoms with Crippen molar-refractivity contribution in [3.63, 3.8) is 0 Å². The predicted molar refractivity (Wildman–Crippen MR) is 62.8 cm³/mol. The van der Waals surface area contributed by atoms with Gasteiger partial charge >= 0.3 is 0 Å². The van der Waals surface area contributed by atoms with E-state index in [-0.39, 0.29) is 5.91 Å². The van der Waals surface area contributed by atoms with E-state index in [1.165, 1.54) is 6.08 Å². The normalized spacial score (nSPS) is 16.9. The van der Waals surface area contributed by atoms with Gasteiger partial charge in [-0.2, -0.15) is 0 Å². The fourth-order valence-electron chi connectivity index (χ4n) is 1.46. The molecule has 0 spiro atoms. The minimum Gasteiger partial charge on any atom is -0.450 e. The van der Waals surface area contributed by atoms with Gasteiger partial charge < -0.3 is 14.1 Å². The molecule has 4 nitrogen and oxygen atoms in total. The van der Waals surface area contributed by atoms with E-state index in [2.05, 4.69) is 15.9 Å². The standard InChI is InChI=1S/C11H12BrNO3/c12-10-3-1-9(16-10)2-4-11(14)13-5-7-15-8-6-13/h1-4H,5-8H2. The van der Waals surface area contributed by atoms with E-state index in [1.54, 1.807) is 23.1 Å². The number of nitrogens with zero attached hydrogens (tertiary/aromatic N) is 1. The summed E-state index contributed by atoms with van der Waals surface area (Å²) in [7, 11) is 0. The minimum atomic E-state index is -0.00387. The molecule has 5 heteroatoms. The van der Waals surface area contributed by atoms with Gasteiger partial charge in [0.2, 0.25) is 5.91 Å². The van der Waals surface area contributed by atoms with E-state index >= 15 is 0 Å². The summed E-state index contributed by atoms with van der Waals surface area (Å²) in [5.74, 6) is 0.657. The van der Waals surface area contributed by atoms with Crippen LogP contribution >= 0.6 is 15.9 Å². The Morgan fingerprint density at radius 2 is 2.12 bits per heavy atom. The van der Waals surface area contributed by atoms with Crippen LogP contribution in [-0.4, -0.2) is 37.1 Å². The van der Waals surface area contributed by atoms with E-state index in [9.17, 15) is 4.79 Å². The minimum absolute atomic E-state index is 0.00387. The summed E-state index contributed by atoms with van der Waals surface area (Å²) in [6.07, 6.45) is 3.19. The monoisotopic (exact) mass is 285 g/mol. The highest BCUT2D eigenvalue weighted by Crippen LogP contribution is 2.15. The Labute approximate surface area is 102 Å². The number of ether oxygens (including phenoxy) is 1. The van der Waals surface area contributed by atoms with Crippen molar-refractivity contribution >= 4 is 27.9 Å². The molecule has 1 amide bonds. The second kappa shape index (κ2) is 5.32. The maximum Gasteiger partial charge on any atom is 0.246 e. The van der Waals surface area contributed by atoms with Crippen LogP contribution < -0.4 is 0 Å². The molecule has 2 rings (SSSR count). The molecule has 86 valence electrons. The Morgan fingerprint density at radius 3 is 2.75 bits per heavy atom. The van der Waals surface area contributed by atoms with Crippen LogP contribution in [-0.2, 0) is 9.53 Å². The lowest BCUT2D eigenvalue weighted by molar-refractivity contribution is -0.129. The zero-order valence-electron chi connectivity index (χ0n) is 8.69. The maximum absolute atomic E-state index is 11.7. The number of rotatable bonds is 2. The molecule has 16 heavy (non-hydrogen) atoms. The van der Waals surface area contributed by atoms with Crippen LogP contribution in [0.4, 0.5) is 0 Å². The molecule has 0 radical (unpaired) electrons. The van der Waals surface area contributed by atoms with Gasteiger partial charge in [0.05, 0.1) is 13.2 Å².